The molecule has 1 amide bonds. The molecular weight excluding hydrogens is 350 g/mol. The lowest BCUT2D eigenvalue weighted by Crippen LogP contribution is -2.40. The van der Waals surface area contributed by atoms with E-state index in [2.05, 4.69) is 0 Å². The van der Waals surface area contributed by atoms with E-state index in [0.717, 1.165) is 0 Å². The number of hydrogen-bond acceptors (Lipinski definition) is 6. The zero-order valence-electron chi connectivity index (χ0n) is 16.5. The van der Waals surface area contributed by atoms with Crippen LogP contribution in [0.3, 0.4) is 0 Å². The van der Waals surface area contributed by atoms with E-state index in [1.165, 1.54) is 24.3 Å². The van der Waals surface area contributed by atoms with E-state index in [0.29, 0.717) is 25.9 Å². The molecule has 0 spiro atoms. The van der Waals surface area contributed by atoms with Crippen molar-refractivity contribution in [3.8, 4) is 0 Å². The molecular formula is C19H27N3O5. The number of rotatable bonds is 8. The minimum absolute atomic E-state index is 0.131. The first kappa shape index (κ1) is 22.1. The second-order valence-corrected chi connectivity index (χ2v) is 7.01. The van der Waals surface area contributed by atoms with Gasteiger partial charge in [0.05, 0.1) is 10.5 Å². The van der Waals surface area contributed by atoms with E-state index in [9.17, 15) is 19.7 Å². The van der Waals surface area contributed by atoms with Crippen LogP contribution >= 0.6 is 0 Å². The highest BCUT2D eigenvalue weighted by molar-refractivity contribution is 5.85. The van der Waals surface area contributed by atoms with Crippen molar-refractivity contribution >= 4 is 24.1 Å². The Balaban J connectivity index is 2.80. The van der Waals surface area contributed by atoms with Gasteiger partial charge in [-0.15, -0.1) is 0 Å². The van der Waals surface area contributed by atoms with E-state index >= 15 is 0 Å². The number of benzene rings is 1. The molecule has 0 aliphatic carbocycles. The molecule has 0 aliphatic rings. The minimum Gasteiger partial charge on any atom is -0.444 e. The van der Waals surface area contributed by atoms with E-state index in [1.54, 1.807) is 23.0 Å². The Morgan fingerprint density at radius 2 is 1.96 bits per heavy atom. The lowest BCUT2D eigenvalue weighted by atomic mass is 10.1. The smallest absolute Gasteiger partial charge is 0.410 e. The summed E-state index contributed by atoms with van der Waals surface area (Å²) in [6.07, 6.45) is 3.39. The third-order valence-electron chi connectivity index (χ3n) is 3.69. The van der Waals surface area contributed by atoms with Gasteiger partial charge in [0.15, 0.2) is 6.29 Å². The standard InChI is InChI=1S/C19H27N3O5/c1-6-21(18(24)27-19(2,3)4)13-12-20(5)11-10-16-15(14-23)8-7-9-17(16)22(25)26/h7-11,14H,6,12-13H2,1-5H3/b11-10-. The van der Waals surface area contributed by atoms with Crippen molar-refractivity contribution < 1.29 is 19.2 Å². The molecule has 0 saturated heterocycles. The number of nitro benzene ring substituents is 1. The summed E-state index contributed by atoms with van der Waals surface area (Å²) >= 11 is 0. The number of likely N-dealkylation sites (N-methyl/N-ethyl adjacent to an activating group) is 2. The molecule has 0 aromatic heterocycles. The van der Waals surface area contributed by atoms with Gasteiger partial charge in [0.2, 0.25) is 0 Å². The Kier molecular flexibility index (Phi) is 7.96. The van der Waals surface area contributed by atoms with Gasteiger partial charge in [-0.05, 0) is 40.0 Å². The van der Waals surface area contributed by atoms with Crippen LogP contribution in [0.4, 0.5) is 10.5 Å². The fourth-order valence-electron chi connectivity index (χ4n) is 2.27. The van der Waals surface area contributed by atoms with Crippen LogP contribution in [-0.2, 0) is 4.74 Å². The SMILES string of the molecule is CCN(CCN(C)/C=C\c1c(C=O)cccc1[N+](=O)[O-])C(=O)OC(C)(C)C. The molecule has 8 heteroatoms. The fraction of sp³-hybridized carbons (Fsp3) is 0.474. The van der Waals surface area contributed by atoms with Crippen molar-refractivity contribution in [2.45, 2.75) is 33.3 Å². The summed E-state index contributed by atoms with van der Waals surface area (Å²) in [6.45, 7) is 8.74. The molecule has 0 bridgehead atoms. The normalized spacial score (nSPS) is 11.3. The maximum absolute atomic E-state index is 12.1. The van der Waals surface area contributed by atoms with Crippen LogP contribution in [0.25, 0.3) is 6.08 Å². The van der Waals surface area contributed by atoms with Gasteiger partial charge in [-0.25, -0.2) is 4.79 Å². The minimum atomic E-state index is -0.562. The predicted molar refractivity (Wildman–Crippen MR) is 104 cm³/mol. The largest absolute Gasteiger partial charge is 0.444 e. The van der Waals surface area contributed by atoms with Gasteiger partial charge in [0, 0.05) is 38.3 Å². The second-order valence-electron chi connectivity index (χ2n) is 7.01. The first-order valence-electron chi connectivity index (χ1n) is 8.68. The summed E-state index contributed by atoms with van der Waals surface area (Å²) in [6, 6.07) is 4.36. The predicted octanol–water partition coefficient (Wildman–Crippen LogP) is 3.57. The highest BCUT2D eigenvalue weighted by Crippen LogP contribution is 2.23. The van der Waals surface area contributed by atoms with Gasteiger partial charge in [0.1, 0.15) is 5.60 Å². The molecule has 148 valence electrons. The molecule has 1 aromatic rings. The van der Waals surface area contributed by atoms with E-state index < -0.39 is 10.5 Å². The summed E-state index contributed by atoms with van der Waals surface area (Å²) in [5, 5.41) is 11.2. The van der Waals surface area contributed by atoms with Crippen molar-refractivity contribution in [1.82, 2.24) is 9.80 Å². The Morgan fingerprint density at radius 1 is 1.30 bits per heavy atom. The van der Waals surface area contributed by atoms with Gasteiger partial charge >= 0.3 is 6.09 Å². The number of nitrogens with zero attached hydrogens (tertiary/aromatic N) is 3. The number of carbonyl (C=O) groups excluding carboxylic acids is 2. The maximum Gasteiger partial charge on any atom is 0.410 e. The van der Waals surface area contributed by atoms with Gasteiger partial charge < -0.3 is 14.5 Å². The molecule has 0 saturated carbocycles. The van der Waals surface area contributed by atoms with Crippen LogP contribution in [0.5, 0.6) is 0 Å². The highest BCUT2D eigenvalue weighted by atomic mass is 16.6. The van der Waals surface area contributed by atoms with Crippen molar-refractivity contribution in [2.75, 3.05) is 26.7 Å². The molecule has 0 heterocycles. The Hall–Kier alpha value is -2.90. The number of nitro groups is 1. The zero-order chi connectivity index (χ0) is 20.6. The average molecular weight is 377 g/mol. The van der Waals surface area contributed by atoms with Gasteiger partial charge in [-0.1, -0.05) is 12.1 Å². The summed E-state index contributed by atoms with van der Waals surface area (Å²) in [7, 11) is 1.79. The lowest BCUT2D eigenvalue weighted by molar-refractivity contribution is -0.385. The molecule has 27 heavy (non-hydrogen) atoms. The average Bonchev–Trinajstić information content (AvgIpc) is 2.58. The molecule has 0 fully saturated rings. The van der Waals surface area contributed by atoms with Gasteiger partial charge in [-0.2, -0.15) is 0 Å². The number of hydrogen-bond donors (Lipinski definition) is 0. The first-order valence-corrected chi connectivity index (χ1v) is 8.68. The van der Waals surface area contributed by atoms with E-state index in [1.807, 2.05) is 27.7 Å². The topological polar surface area (TPSA) is 93.0 Å². The van der Waals surface area contributed by atoms with Crippen LogP contribution in [0.15, 0.2) is 24.4 Å². The van der Waals surface area contributed by atoms with Crippen molar-refractivity contribution in [3.05, 3.63) is 45.6 Å². The molecule has 0 atom stereocenters. The Bertz CT molecular complexity index is 710. The fourth-order valence-corrected chi connectivity index (χ4v) is 2.27. The zero-order valence-corrected chi connectivity index (χ0v) is 16.5. The van der Waals surface area contributed by atoms with Crippen LogP contribution in [0.1, 0.15) is 43.6 Å². The molecule has 0 aliphatic heterocycles. The molecule has 8 nitrogen and oxygen atoms in total. The quantitative estimate of drug-likeness (QED) is 0.391. The number of aldehydes is 1. The summed E-state index contributed by atoms with van der Waals surface area (Å²) in [4.78, 5) is 37.3. The van der Waals surface area contributed by atoms with E-state index in [4.69, 9.17) is 4.74 Å². The number of amides is 1. The maximum atomic E-state index is 12.1. The van der Waals surface area contributed by atoms with Crippen molar-refractivity contribution in [1.29, 1.82) is 0 Å². The second kappa shape index (κ2) is 9.70. The first-order chi connectivity index (χ1) is 12.6. The van der Waals surface area contributed by atoms with Gasteiger partial charge in [0.25, 0.3) is 5.69 Å². The number of ether oxygens (including phenoxy) is 1. The van der Waals surface area contributed by atoms with Crippen LogP contribution in [0.2, 0.25) is 0 Å². The molecule has 0 radical (unpaired) electrons. The van der Waals surface area contributed by atoms with E-state index in [-0.39, 0.29) is 22.9 Å². The molecule has 0 N–H and O–H groups in total. The van der Waals surface area contributed by atoms with Crippen molar-refractivity contribution in [2.24, 2.45) is 0 Å². The summed E-state index contributed by atoms with van der Waals surface area (Å²) in [5.41, 5.74) is -0.192. The summed E-state index contributed by atoms with van der Waals surface area (Å²) < 4.78 is 5.36. The van der Waals surface area contributed by atoms with Crippen LogP contribution < -0.4 is 0 Å². The lowest BCUT2D eigenvalue weighted by Gasteiger charge is -2.27. The molecule has 0 unspecified atom stereocenters. The van der Waals surface area contributed by atoms with Crippen LogP contribution in [-0.4, -0.2) is 59.4 Å². The van der Waals surface area contributed by atoms with Crippen LogP contribution in [0, 0.1) is 10.1 Å². The third kappa shape index (κ3) is 7.08. The molecule has 1 aromatic carbocycles. The Labute approximate surface area is 159 Å². The highest BCUT2D eigenvalue weighted by Gasteiger charge is 2.21. The number of carbonyl (C=O) groups is 2. The van der Waals surface area contributed by atoms with Crippen molar-refractivity contribution in [3.63, 3.8) is 0 Å². The monoisotopic (exact) mass is 377 g/mol. The summed E-state index contributed by atoms with van der Waals surface area (Å²) in [5.74, 6) is 0. The third-order valence-corrected chi connectivity index (χ3v) is 3.69. The Morgan fingerprint density at radius 3 is 2.48 bits per heavy atom. The molecule has 1 rings (SSSR count). The van der Waals surface area contributed by atoms with Gasteiger partial charge in [-0.3, -0.25) is 14.9 Å².